The SMILES string of the molecule is CCOc1ccc(Nc2oc(-c3ccccc3Cl)nc2S(=O)(=O)c2ccc3c(c2)OCCO3)cc1. The first-order valence-electron chi connectivity index (χ1n) is 10.9. The number of rotatable bonds is 7. The molecule has 3 aromatic carbocycles. The molecule has 5 rings (SSSR count). The van der Waals surface area contributed by atoms with E-state index in [9.17, 15) is 8.42 Å². The fourth-order valence-electron chi connectivity index (χ4n) is 3.55. The van der Waals surface area contributed by atoms with Crippen LogP contribution in [0.15, 0.2) is 81.1 Å². The van der Waals surface area contributed by atoms with Crippen LogP contribution in [0.4, 0.5) is 11.6 Å². The van der Waals surface area contributed by atoms with Gasteiger partial charge < -0.3 is 23.9 Å². The normalized spacial score (nSPS) is 12.9. The Balaban J connectivity index is 1.58. The van der Waals surface area contributed by atoms with Crippen LogP contribution in [0.1, 0.15) is 6.92 Å². The van der Waals surface area contributed by atoms with Gasteiger partial charge in [-0.05, 0) is 55.5 Å². The summed E-state index contributed by atoms with van der Waals surface area (Å²) in [5.41, 5.74) is 1.06. The standard InChI is InChI=1S/C25H21ClN2O6S/c1-2-31-17-9-7-16(8-10-17)27-24-25(28-23(34-24)19-5-3-4-6-20(19)26)35(29,30)18-11-12-21-22(15-18)33-14-13-32-21/h3-12,15,27H,2,13-14H2,1H3. The second kappa shape index (κ2) is 9.52. The van der Waals surface area contributed by atoms with Gasteiger partial charge in [-0.25, -0.2) is 8.42 Å². The fraction of sp³-hybridized carbons (Fsp3) is 0.160. The second-order valence-electron chi connectivity index (χ2n) is 7.52. The van der Waals surface area contributed by atoms with Gasteiger partial charge in [-0.1, -0.05) is 23.7 Å². The molecule has 0 radical (unpaired) electrons. The van der Waals surface area contributed by atoms with E-state index in [1.54, 1.807) is 54.6 Å². The van der Waals surface area contributed by atoms with Gasteiger partial charge in [-0.15, -0.1) is 0 Å². The number of oxazole rings is 1. The summed E-state index contributed by atoms with van der Waals surface area (Å²) in [5.74, 6) is 1.56. The Bertz CT molecular complexity index is 1470. The molecule has 0 spiro atoms. The van der Waals surface area contributed by atoms with Crippen molar-refractivity contribution in [3.8, 4) is 28.7 Å². The third-order valence-corrected chi connectivity index (χ3v) is 7.19. The molecule has 1 aliphatic rings. The van der Waals surface area contributed by atoms with Gasteiger partial charge in [0, 0.05) is 11.8 Å². The molecule has 0 atom stereocenters. The van der Waals surface area contributed by atoms with Crippen molar-refractivity contribution in [3.63, 3.8) is 0 Å². The number of hydrogen-bond acceptors (Lipinski definition) is 8. The molecule has 1 N–H and O–H groups in total. The van der Waals surface area contributed by atoms with Crippen LogP contribution in [-0.2, 0) is 9.84 Å². The van der Waals surface area contributed by atoms with Gasteiger partial charge in [0.15, 0.2) is 11.5 Å². The van der Waals surface area contributed by atoms with Crippen molar-refractivity contribution in [3.05, 3.63) is 71.8 Å². The van der Waals surface area contributed by atoms with E-state index in [-0.39, 0.29) is 21.7 Å². The van der Waals surface area contributed by atoms with Crippen molar-refractivity contribution < 1.29 is 27.0 Å². The van der Waals surface area contributed by atoms with E-state index in [1.165, 1.54) is 12.1 Å². The number of sulfone groups is 1. The van der Waals surface area contributed by atoms with Gasteiger partial charge >= 0.3 is 0 Å². The third-order valence-electron chi connectivity index (χ3n) is 5.20. The highest BCUT2D eigenvalue weighted by atomic mass is 35.5. The second-order valence-corrected chi connectivity index (χ2v) is 9.80. The lowest BCUT2D eigenvalue weighted by Crippen LogP contribution is -2.16. The molecule has 0 saturated carbocycles. The maximum Gasteiger partial charge on any atom is 0.238 e. The molecule has 0 fully saturated rings. The Hall–Kier alpha value is -3.69. The van der Waals surface area contributed by atoms with Crippen LogP contribution in [0.25, 0.3) is 11.5 Å². The molecular formula is C25H21ClN2O6S. The lowest BCUT2D eigenvalue weighted by Gasteiger charge is -2.18. The van der Waals surface area contributed by atoms with Gasteiger partial charge in [-0.2, -0.15) is 4.98 Å². The van der Waals surface area contributed by atoms with Crippen molar-refractivity contribution in [1.29, 1.82) is 0 Å². The predicted octanol–water partition coefficient (Wildman–Crippen LogP) is 5.74. The molecule has 10 heteroatoms. The topological polar surface area (TPSA) is 99.9 Å². The highest BCUT2D eigenvalue weighted by Gasteiger charge is 2.30. The molecule has 0 aliphatic carbocycles. The third kappa shape index (κ3) is 4.65. The number of nitrogens with zero attached hydrogens (tertiary/aromatic N) is 1. The number of ether oxygens (including phenoxy) is 3. The summed E-state index contributed by atoms with van der Waals surface area (Å²) >= 11 is 6.32. The summed E-state index contributed by atoms with van der Waals surface area (Å²) in [7, 11) is -4.11. The fourth-order valence-corrected chi connectivity index (χ4v) is 5.04. The number of benzene rings is 3. The van der Waals surface area contributed by atoms with Crippen LogP contribution in [0.5, 0.6) is 17.2 Å². The lowest BCUT2D eigenvalue weighted by molar-refractivity contribution is 0.171. The van der Waals surface area contributed by atoms with E-state index in [4.69, 9.17) is 30.2 Å². The highest BCUT2D eigenvalue weighted by Crippen LogP contribution is 2.39. The first-order chi connectivity index (χ1) is 17.0. The molecule has 2 heterocycles. The minimum atomic E-state index is -4.11. The van der Waals surface area contributed by atoms with Gasteiger partial charge in [0.2, 0.25) is 26.6 Å². The van der Waals surface area contributed by atoms with Crippen molar-refractivity contribution in [2.45, 2.75) is 16.8 Å². The number of fused-ring (bicyclic) bond motifs is 1. The Morgan fingerprint density at radius 3 is 2.49 bits per heavy atom. The Labute approximate surface area is 207 Å². The van der Waals surface area contributed by atoms with E-state index < -0.39 is 9.84 Å². The first kappa shape index (κ1) is 23.1. The van der Waals surface area contributed by atoms with Gasteiger partial charge in [0.05, 0.1) is 22.1 Å². The van der Waals surface area contributed by atoms with Gasteiger partial charge in [-0.3, -0.25) is 0 Å². The summed E-state index contributed by atoms with van der Waals surface area (Å²) in [4.78, 5) is 4.34. The Morgan fingerprint density at radius 1 is 1.00 bits per heavy atom. The van der Waals surface area contributed by atoms with E-state index in [0.717, 1.165) is 0 Å². The maximum atomic E-state index is 13.7. The van der Waals surface area contributed by atoms with Crippen LogP contribution >= 0.6 is 11.6 Å². The predicted molar refractivity (Wildman–Crippen MR) is 131 cm³/mol. The van der Waals surface area contributed by atoms with Gasteiger partial charge in [0.25, 0.3) is 0 Å². The summed E-state index contributed by atoms with van der Waals surface area (Å²) in [5, 5.41) is 3.13. The first-order valence-corrected chi connectivity index (χ1v) is 12.7. The number of aromatic nitrogens is 1. The Kier molecular flexibility index (Phi) is 6.27. The summed E-state index contributed by atoms with van der Waals surface area (Å²) in [6.07, 6.45) is 0. The minimum Gasteiger partial charge on any atom is -0.494 e. The smallest absolute Gasteiger partial charge is 0.238 e. The molecule has 0 unspecified atom stereocenters. The quantitative estimate of drug-likeness (QED) is 0.334. The molecule has 1 aromatic heterocycles. The summed E-state index contributed by atoms with van der Waals surface area (Å²) < 4.78 is 49.8. The van der Waals surface area contributed by atoms with Crippen molar-refractivity contribution in [2.24, 2.45) is 0 Å². The molecule has 8 nitrogen and oxygen atoms in total. The molecule has 180 valence electrons. The van der Waals surface area contributed by atoms with E-state index in [0.29, 0.717) is 53.3 Å². The number of hydrogen-bond donors (Lipinski definition) is 1. The zero-order valence-electron chi connectivity index (χ0n) is 18.7. The Morgan fingerprint density at radius 2 is 1.74 bits per heavy atom. The van der Waals surface area contributed by atoms with Crippen molar-refractivity contribution in [1.82, 2.24) is 4.98 Å². The van der Waals surface area contributed by atoms with Crippen LogP contribution in [0.2, 0.25) is 5.02 Å². The molecule has 35 heavy (non-hydrogen) atoms. The van der Waals surface area contributed by atoms with Crippen LogP contribution < -0.4 is 19.5 Å². The minimum absolute atomic E-state index is 0.00416. The zero-order chi connectivity index (χ0) is 24.4. The maximum absolute atomic E-state index is 13.7. The monoisotopic (exact) mass is 512 g/mol. The largest absolute Gasteiger partial charge is 0.494 e. The number of nitrogens with one attached hydrogen (secondary N) is 1. The summed E-state index contributed by atoms with van der Waals surface area (Å²) in [6, 6.07) is 18.4. The average Bonchev–Trinajstić information content (AvgIpc) is 3.29. The van der Waals surface area contributed by atoms with E-state index in [2.05, 4.69) is 10.3 Å². The molecule has 0 bridgehead atoms. The molecule has 4 aromatic rings. The molecule has 0 saturated heterocycles. The van der Waals surface area contributed by atoms with Crippen molar-refractivity contribution >= 4 is 33.0 Å². The number of anilines is 2. The summed E-state index contributed by atoms with van der Waals surface area (Å²) in [6.45, 7) is 3.17. The van der Waals surface area contributed by atoms with E-state index >= 15 is 0 Å². The van der Waals surface area contributed by atoms with E-state index in [1.807, 2.05) is 6.92 Å². The van der Waals surface area contributed by atoms with Crippen molar-refractivity contribution in [2.75, 3.05) is 25.1 Å². The van der Waals surface area contributed by atoms with Crippen LogP contribution in [-0.4, -0.2) is 33.2 Å². The number of halogens is 1. The van der Waals surface area contributed by atoms with Gasteiger partial charge in [0.1, 0.15) is 19.0 Å². The highest BCUT2D eigenvalue weighted by molar-refractivity contribution is 7.91. The van der Waals surface area contributed by atoms with Crippen LogP contribution in [0.3, 0.4) is 0 Å². The van der Waals surface area contributed by atoms with Crippen LogP contribution in [0, 0.1) is 0 Å². The average molecular weight is 513 g/mol. The lowest BCUT2D eigenvalue weighted by atomic mass is 10.2. The molecule has 1 aliphatic heterocycles. The molecule has 0 amide bonds. The zero-order valence-corrected chi connectivity index (χ0v) is 20.2. The molecular weight excluding hydrogens is 492 g/mol.